The first-order chi connectivity index (χ1) is 6.07. The van der Waals surface area contributed by atoms with Crippen LogP contribution in [-0.2, 0) is 6.42 Å². The monoisotopic (exact) mass is 246 g/mol. The third-order valence-electron chi connectivity index (χ3n) is 1.85. The van der Waals surface area contributed by atoms with E-state index < -0.39 is 12.9 Å². The van der Waals surface area contributed by atoms with Crippen molar-refractivity contribution < 1.29 is 14.4 Å². The van der Waals surface area contributed by atoms with Gasteiger partial charge in [-0.2, -0.15) is 0 Å². The Morgan fingerprint density at radius 2 is 2.08 bits per heavy atom. The third kappa shape index (κ3) is 2.10. The lowest BCUT2D eigenvalue weighted by Crippen LogP contribution is -2.34. The molecule has 0 saturated carbocycles. The molecular weight excluding hydrogens is 238 g/mol. The molecule has 0 radical (unpaired) electrons. The molecular formula is C8H9BBrFO2. The molecule has 70 valence electrons. The maximum Gasteiger partial charge on any atom is 0.492 e. The molecule has 1 rings (SSSR count). The highest BCUT2D eigenvalue weighted by molar-refractivity contribution is 9.10. The van der Waals surface area contributed by atoms with Gasteiger partial charge in [0, 0.05) is 9.94 Å². The van der Waals surface area contributed by atoms with Crippen LogP contribution < -0.4 is 5.46 Å². The van der Waals surface area contributed by atoms with Gasteiger partial charge >= 0.3 is 7.12 Å². The second-order valence-corrected chi connectivity index (χ2v) is 3.52. The van der Waals surface area contributed by atoms with Gasteiger partial charge in [-0.3, -0.25) is 0 Å². The van der Waals surface area contributed by atoms with E-state index in [1.165, 1.54) is 0 Å². The molecule has 5 heteroatoms. The first-order valence-corrected chi connectivity index (χ1v) is 4.70. The summed E-state index contributed by atoms with van der Waals surface area (Å²) in [5.74, 6) is -0.549. The Balaban J connectivity index is 3.30. The second kappa shape index (κ2) is 4.22. The van der Waals surface area contributed by atoms with Gasteiger partial charge in [0.25, 0.3) is 0 Å². The normalized spacial score (nSPS) is 10.2. The first-order valence-electron chi connectivity index (χ1n) is 3.90. The predicted molar refractivity (Wildman–Crippen MR) is 53.3 cm³/mol. The molecule has 2 nitrogen and oxygen atoms in total. The molecule has 0 aliphatic heterocycles. The van der Waals surface area contributed by atoms with Crippen LogP contribution in [0.1, 0.15) is 12.5 Å². The quantitative estimate of drug-likeness (QED) is 0.760. The summed E-state index contributed by atoms with van der Waals surface area (Å²) in [4.78, 5) is 0. The summed E-state index contributed by atoms with van der Waals surface area (Å²) in [7, 11) is -1.78. The molecule has 13 heavy (non-hydrogen) atoms. The van der Waals surface area contributed by atoms with Gasteiger partial charge in [-0.05, 0) is 18.1 Å². The maximum atomic E-state index is 13.4. The van der Waals surface area contributed by atoms with E-state index in [2.05, 4.69) is 15.9 Å². The zero-order valence-corrected chi connectivity index (χ0v) is 8.68. The number of hydrogen-bond donors (Lipinski definition) is 2. The molecule has 0 amide bonds. The van der Waals surface area contributed by atoms with E-state index in [0.717, 1.165) is 0 Å². The molecule has 0 spiro atoms. The van der Waals surface area contributed by atoms with E-state index >= 15 is 0 Å². The number of benzene rings is 1. The molecule has 0 saturated heterocycles. The van der Waals surface area contributed by atoms with Gasteiger partial charge < -0.3 is 10.0 Å². The van der Waals surface area contributed by atoms with Crippen LogP contribution in [0.5, 0.6) is 0 Å². The topological polar surface area (TPSA) is 40.5 Å². The summed E-state index contributed by atoms with van der Waals surface area (Å²) in [5.41, 5.74) is 0.380. The molecule has 2 N–H and O–H groups in total. The Kier molecular flexibility index (Phi) is 3.47. The summed E-state index contributed by atoms with van der Waals surface area (Å²) in [6, 6.07) is 3.22. The predicted octanol–water partition coefficient (Wildman–Crippen LogP) is 0.830. The average molecular weight is 247 g/mol. The fraction of sp³-hybridized carbons (Fsp3) is 0.250. The van der Waals surface area contributed by atoms with Gasteiger partial charge in [0.05, 0.1) is 0 Å². The van der Waals surface area contributed by atoms with Crippen LogP contribution in [-0.4, -0.2) is 17.2 Å². The molecule has 0 aliphatic carbocycles. The average Bonchev–Trinajstić information content (AvgIpc) is 2.04. The van der Waals surface area contributed by atoms with Crippen molar-refractivity contribution in [2.45, 2.75) is 13.3 Å². The second-order valence-electron chi connectivity index (χ2n) is 2.66. The molecule has 1 aromatic rings. The van der Waals surface area contributed by atoms with Gasteiger partial charge in [0.1, 0.15) is 5.82 Å². The van der Waals surface area contributed by atoms with Crippen molar-refractivity contribution in [2.75, 3.05) is 0 Å². The van der Waals surface area contributed by atoms with E-state index in [9.17, 15) is 4.39 Å². The Labute approximate surface area is 84.7 Å². The number of halogens is 2. The minimum atomic E-state index is -1.78. The van der Waals surface area contributed by atoms with Gasteiger partial charge in [-0.1, -0.05) is 28.9 Å². The summed E-state index contributed by atoms with van der Waals surface area (Å²) < 4.78 is 13.8. The highest BCUT2D eigenvalue weighted by Gasteiger charge is 2.21. The van der Waals surface area contributed by atoms with Crippen molar-refractivity contribution in [1.29, 1.82) is 0 Å². The SMILES string of the molecule is CCc1ccc(Br)c(B(O)O)c1F. The lowest BCUT2D eigenvalue weighted by molar-refractivity contribution is 0.422. The Bertz CT molecular complexity index is 317. The fourth-order valence-electron chi connectivity index (χ4n) is 1.12. The van der Waals surface area contributed by atoms with Crippen molar-refractivity contribution in [3.05, 3.63) is 28.0 Å². The smallest absolute Gasteiger partial charge is 0.423 e. The summed E-state index contributed by atoms with van der Waals surface area (Å²) in [6.45, 7) is 1.81. The molecule has 0 aromatic heterocycles. The van der Waals surface area contributed by atoms with Crippen LogP contribution in [0.4, 0.5) is 4.39 Å². The van der Waals surface area contributed by atoms with Crippen molar-refractivity contribution >= 4 is 28.5 Å². The van der Waals surface area contributed by atoms with Crippen LogP contribution in [0.25, 0.3) is 0 Å². The number of hydrogen-bond acceptors (Lipinski definition) is 2. The van der Waals surface area contributed by atoms with Gasteiger partial charge in [0.15, 0.2) is 0 Å². The molecule has 0 fully saturated rings. The van der Waals surface area contributed by atoms with E-state index in [1.54, 1.807) is 19.1 Å². The molecule has 0 aliphatic rings. The van der Waals surface area contributed by atoms with Crippen LogP contribution in [0.15, 0.2) is 16.6 Å². The molecule has 0 bridgehead atoms. The largest absolute Gasteiger partial charge is 0.492 e. The minimum Gasteiger partial charge on any atom is -0.423 e. The van der Waals surface area contributed by atoms with Gasteiger partial charge in [0.2, 0.25) is 0 Å². The number of aryl methyl sites for hydroxylation is 1. The highest BCUT2D eigenvalue weighted by Crippen LogP contribution is 2.14. The van der Waals surface area contributed by atoms with Crippen LogP contribution >= 0.6 is 15.9 Å². The highest BCUT2D eigenvalue weighted by atomic mass is 79.9. The Hall–Kier alpha value is -0.385. The summed E-state index contributed by atoms with van der Waals surface area (Å²) in [5, 5.41) is 17.8. The minimum absolute atomic E-state index is 0.0978. The summed E-state index contributed by atoms with van der Waals surface area (Å²) >= 11 is 3.05. The van der Waals surface area contributed by atoms with Crippen LogP contribution in [0.3, 0.4) is 0 Å². The van der Waals surface area contributed by atoms with Crippen molar-refractivity contribution in [3.8, 4) is 0 Å². The van der Waals surface area contributed by atoms with Crippen molar-refractivity contribution in [3.63, 3.8) is 0 Å². The van der Waals surface area contributed by atoms with Crippen LogP contribution in [0, 0.1) is 5.82 Å². The molecule has 1 aromatic carbocycles. The fourth-order valence-corrected chi connectivity index (χ4v) is 1.64. The molecule has 0 unspecified atom stereocenters. The molecule has 0 atom stereocenters. The van der Waals surface area contributed by atoms with Gasteiger partial charge in [-0.25, -0.2) is 4.39 Å². The summed E-state index contributed by atoms with van der Waals surface area (Å²) in [6.07, 6.45) is 0.527. The zero-order valence-electron chi connectivity index (χ0n) is 7.09. The lowest BCUT2D eigenvalue weighted by atomic mass is 9.79. The Morgan fingerprint density at radius 3 is 2.54 bits per heavy atom. The van der Waals surface area contributed by atoms with Crippen LogP contribution in [0.2, 0.25) is 0 Å². The van der Waals surface area contributed by atoms with Crippen molar-refractivity contribution in [1.82, 2.24) is 0 Å². The van der Waals surface area contributed by atoms with Gasteiger partial charge in [-0.15, -0.1) is 0 Å². The molecule has 0 heterocycles. The van der Waals surface area contributed by atoms with Crippen molar-refractivity contribution in [2.24, 2.45) is 0 Å². The first kappa shape index (κ1) is 10.7. The van der Waals surface area contributed by atoms with E-state index in [0.29, 0.717) is 16.5 Å². The van der Waals surface area contributed by atoms with E-state index in [1.807, 2.05) is 0 Å². The Morgan fingerprint density at radius 1 is 1.46 bits per heavy atom. The zero-order chi connectivity index (χ0) is 10.0. The van der Waals surface area contributed by atoms with E-state index in [4.69, 9.17) is 10.0 Å². The third-order valence-corrected chi connectivity index (χ3v) is 2.54. The number of rotatable bonds is 2. The van der Waals surface area contributed by atoms with E-state index in [-0.39, 0.29) is 5.46 Å². The lowest BCUT2D eigenvalue weighted by Gasteiger charge is -2.08. The standard InChI is InChI=1S/C8H9BBrFO2/c1-2-5-3-4-6(10)7(8(5)11)9(12)13/h3-4,12-13H,2H2,1H3. The maximum absolute atomic E-state index is 13.4.